The van der Waals surface area contributed by atoms with Crippen molar-refractivity contribution in [3.63, 3.8) is 0 Å². The van der Waals surface area contributed by atoms with Crippen molar-refractivity contribution < 1.29 is 0 Å². The van der Waals surface area contributed by atoms with Gasteiger partial charge in [0.1, 0.15) is 11.3 Å². The van der Waals surface area contributed by atoms with E-state index in [1.807, 2.05) is 30.3 Å². The molecule has 3 aromatic rings. The number of nitrogens with zero attached hydrogens (tertiary/aromatic N) is 2. The second-order valence-corrected chi connectivity index (χ2v) is 5.73. The van der Waals surface area contributed by atoms with Gasteiger partial charge in [0, 0.05) is 24.9 Å². The third-order valence-corrected chi connectivity index (χ3v) is 4.30. The molecule has 1 aromatic heterocycles. The van der Waals surface area contributed by atoms with Crippen LogP contribution in [0.15, 0.2) is 66.7 Å². The lowest BCUT2D eigenvalue weighted by atomic mass is 9.98. The summed E-state index contributed by atoms with van der Waals surface area (Å²) in [5.41, 5.74) is 3.93. The number of rotatable bonds is 2. The summed E-state index contributed by atoms with van der Waals surface area (Å²) < 4.78 is 2.27. The van der Waals surface area contributed by atoms with Gasteiger partial charge in [0.05, 0.1) is 5.69 Å². The topological polar surface area (TPSA) is 41.7 Å². The monoisotopic (exact) mass is 287 g/mol. The first kappa shape index (κ1) is 13.0. The summed E-state index contributed by atoms with van der Waals surface area (Å²) in [6.07, 6.45) is 0.899. The summed E-state index contributed by atoms with van der Waals surface area (Å²) in [6, 6.07) is 22.7. The molecular weight excluding hydrogens is 270 g/mol. The van der Waals surface area contributed by atoms with E-state index in [2.05, 4.69) is 45.9 Å². The standard InChI is InChI=1S/C19H17N3/c20-18-12-17(15-9-5-2-6-10-15)22-13-16(11-19(22)21-18)14-7-3-1-4-8-14/h1-10,12,16,20H,11,13H2. The minimum Gasteiger partial charge on any atom is -0.328 e. The predicted octanol–water partition coefficient (Wildman–Crippen LogP) is 3.37. The van der Waals surface area contributed by atoms with E-state index < -0.39 is 0 Å². The van der Waals surface area contributed by atoms with Crippen molar-refractivity contribution in [3.8, 4) is 11.3 Å². The molecular formula is C19H17N3. The van der Waals surface area contributed by atoms with Gasteiger partial charge >= 0.3 is 0 Å². The van der Waals surface area contributed by atoms with E-state index in [9.17, 15) is 0 Å². The Morgan fingerprint density at radius 2 is 1.64 bits per heavy atom. The number of hydrogen-bond donors (Lipinski definition) is 1. The van der Waals surface area contributed by atoms with E-state index in [1.54, 1.807) is 0 Å². The lowest BCUT2D eigenvalue weighted by Crippen LogP contribution is -2.14. The second kappa shape index (κ2) is 5.26. The van der Waals surface area contributed by atoms with E-state index in [1.165, 1.54) is 5.56 Å². The van der Waals surface area contributed by atoms with Crippen LogP contribution in [0.3, 0.4) is 0 Å². The number of nitrogens with one attached hydrogen (secondary N) is 1. The highest BCUT2D eigenvalue weighted by Gasteiger charge is 2.25. The Hall–Kier alpha value is -2.68. The first-order valence-electron chi connectivity index (χ1n) is 7.57. The van der Waals surface area contributed by atoms with Crippen LogP contribution in [0.4, 0.5) is 0 Å². The third-order valence-electron chi connectivity index (χ3n) is 4.30. The fourth-order valence-electron chi connectivity index (χ4n) is 3.24. The molecule has 0 saturated heterocycles. The van der Waals surface area contributed by atoms with E-state index in [0.29, 0.717) is 11.4 Å². The van der Waals surface area contributed by atoms with Crippen LogP contribution in [0.1, 0.15) is 17.3 Å². The lowest BCUT2D eigenvalue weighted by Gasteiger charge is -2.13. The van der Waals surface area contributed by atoms with E-state index >= 15 is 0 Å². The Morgan fingerprint density at radius 1 is 0.955 bits per heavy atom. The SMILES string of the molecule is N=c1cc(-c2ccccc2)n2c(n1)CC(c1ccccc1)C2. The molecule has 1 unspecified atom stereocenters. The van der Waals surface area contributed by atoms with Crippen LogP contribution in [-0.4, -0.2) is 9.55 Å². The average molecular weight is 287 g/mol. The van der Waals surface area contributed by atoms with Gasteiger partial charge in [-0.1, -0.05) is 60.7 Å². The molecule has 3 heteroatoms. The molecule has 2 aromatic carbocycles. The molecule has 0 aliphatic carbocycles. The fraction of sp³-hybridized carbons (Fsp3) is 0.158. The van der Waals surface area contributed by atoms with Gasteiger partial charge in [-0.3, -0.25) is 5.41 Å². The van der Waals surface area contributed by atoms with Gasteiger partial charge in [-0.05, 0) is 11.1 Å². The molecule has 0 saturated carbocycles. The molecule has 4 rings (SSSR count). The van der Waals surface area contributed by atoms with Crippen LogP contribution in [0.2, 0.25) is 0 Å². The smallest absolute Gasteiger partial charge is 0.148 e. The van der Waals surface area contributed by atoms with Gasteiger partial charge < -0.3 is 4.57 Å². The summed E-state index contributed by atoms with van der Waals surface area (Å²) in [6.45, 7) is 0.927. The molecule has 1 atom stereocenters. The normalized spacial score (nSPS) is 16.5. The Morgan fingerprint density at radius 3 is 2.36 bits per heavy atom. The average Bonchev–Trinajstić information content (AvgIpc) is 2.99. The van der Waals surface area contributed by atoms with Gasteiger partial charge in [0.25, 0.3) is 0 Å². The van der Waals surface area contributed by atoms with Crippen molar-refractivity contribution in [2.24, 2.45) is 0 Å². The Labute approximate surface area is 129 Å². The Bertz CT molecular complexity index is 851. The second-order valence-electron chi connectivity index (χ2n) is 5.73. The zero-order valence-electron chi connectivity index (χ0n) is 12.2. The van der Waals surface area contributed by atoms with E-state index in [-0.39, 0.29) is 0 Å². The molecule has 22 heavy (non-hydrogen) atoms. The van der Waals surface area contributed by atoms with Crippen LogP contribution >= 0.6 is 0 Å². The molecule has 3 nitrogen and oxygen atoms in total. The van der Waals surface area contributed by atoms with Crippen LogP contribution in [0.25, 0.3) is 11.3 Å². The van der Waals surface area contributed by atoms with Crippen molar-refractivity contribution in [2.75, 3.05) is 0 Å². The highest BCUT2D eigenvalue weighted by molar-refractivity contribution is 5.59. The molecule has 0 fully saturated rings. The Kier molecular flexibility index (Phi) is 3.11. The summed E-state index contributed by atoms with van der Waals surface area (Å²) in [7, 11) is 0. The van der Waals surface area contributed by atoms with Crippen LogP contribution in [0.5, 0.6) is 0 Å². The van der Waals surface area contributed by atoms with Gasteiger partial charge in [-0.25, -0.2) is 4.98 Å². The first-order chi connectivity index (χ1) is 10.8. The minimum absolute atomic E-state index is 0.346. The maximum Gasteiger partial charge on any atom is 0.148 e. The Balaban J connectivity index is 1.79. The zero-order valence-corrected chi connectivity index (χ0v) is 12.2. The molecule has 0 spiro atoms. The van der Waals surface area contributed by atoms with Crippen LogP contribution in [-0.2, 0) is 13.0 Å². The zero-order chi connectivity index (χ0) is 14.9. The molecule has 0 amide bonds. The van der Waals surface area contributed by atoms with Crippen molar-refractivity contribution >= 4 is 0 Å². The largest absolute Gasteiger partial charge is 0.328 e. The number of hydrogen-bond acceptors (Lipinski definition) is 2. The molecule has 1 N–H and O–H groups in total. The maximum absolute atomic E-state index is 8.00. The summed E-state index contributed by atoms with van der Waals surface area (Å²) in [4.78, 5) is 4.45. The molecule has 2 heterocycles. The van der Waals surface area contributed by atoms with Gasteiger partial charge in [0.15, 0.2) is 0 Å². The van der Waals surface area contributed by atoms with Crippen molar-refractivity contribution in [1.29, 1.82) is 5.41 Å². The van der Waals surface area contributed by atoms with Crippen LogP contribution < -0.4 is 5.49 Å². The molecule has 1 aliphatic rings. The highest BCUT2D eigenvalue weighted by Crippen LogP contribution is 2.31. The highest BCUT2D eigenvalue weighted by atomic mass is 15.1. The maximum atomic E-state index is 8.00. The van der Waals surface area contributed by atoms with Gasteiger partial charge in [0.2, 0.25) is 0 Å². The van der Waals surface area contributed by atoms with Crippen molar-refractivity contribution in [1.82, 2.24) is 9.55 Å². The summed E-state index contributed by atoms with van der Waals surface area (Å²) in [5.74, 6) is 1.46. The quantitative estimate of drug-likeness (QED) is 0.771. The lowest BCUT2D eigenvalue weighted by molar-refractivity contribution is 0.654. The summed E-state index contributed by atoms with van der Waals surface area (Å²) >= 11 is 0. The molecule has 0 bridgehead atoms. The molecule has 0 radical (unpaired) electrons. The van der Waals surface area contributed by atoms with E-state index in [4.69, 9.17) is 5.41 Å². The number of aromatic nitrogens is 2. The first-order valence-corrected chi connectivity index (χ1v) is 7.57. The number of benzene rings is 2. The van der Waals surface area contributed by atoms with Crippen LogP contribution in [0, 0.1) is 5.41 Å². The van der Waals surface area contributed by atoms with E-state index in [0.717, 1.165) is 30.0 Å². The summed E-state index contributed by atoms with van der Waals surface area (Å²) in [5, 5.41) is 8.00. The fourth-order valence-corrected chi connectivity index (χ4v) is 3.24. The third kappa shape index (κ3) is 2.25. The van der Waals surface area contributed by atoms with Gasteiger partial charge in [-0.2, -0.15) is 0 Å². The van der Waals surface area contributed by atoms with Gasteiger partial charge in [-0.15, -0.1) is 0 Å². The molecule has 108 valence electrons. The predicted molar refractivity (Wildman–Crippen MR) is 86.4 cm³/mol. The molecule has 1 aliphatic heterocycles. The number of fused-ring (bicyclic) bond motifs is 1. The van der Waals surface area contributed by atoms with Crippen molar-refractivity contribution in [3.05, 3.63) is 83.6 Å². The minimum atomic E-state index is 0.346. The van der Waals surface area contributed by atoms with Crippen molar-refractivity contribution in [2.45, 2.75) is 18.9 Å².